The molecule has 0 saturated carbocycles. The first-order valence-electron chi connectivity index (χ1n) is 14.3. The number of thiophene rings is 1. The molecular formula is C35H35N3OS. The maximum absolute atomic E-state index is 13.8. The van der Waals surface area contributed by atoms with Crippen molar-refractivity contribution in [2.75, 3.05) is 5.32 Å². The van der Waals surface area contributed by atoms with Crippen molar-refractivity contribution in [3.8, 4) is 0 Å². The van der Waals surface area contributed by atoms with E-state index in [1.165, 1.54) is 46.2 Å². The van der Waals surface area contributed by atoms with Gasteiger partial charge in [-0.1, -0.05) is 67.4 Å². The van der Waals surface area contributed by atoms with E-state index in [4.69, 9.17) is 4.99 Å². The highest BCUT2D eigenvalue weighted by Gasteiger charge is 2.24. The number of benzene rings is 3. The zero-order valence-electron chi connectivity index (χ0n) is 23.2. The molecule has 4 nitrogen and oxygen atoms in total. The number of aliphatic imine (C=N–C) groups is 1. The molecule has 40 heavy (non-hydrogen) atoms. The summed E-state index contributed by atoms with van der Waals surface area (Å²) in [6, 6.07) is 25.2. The SMILES string of the molecule is Cc1cc(C)cc(NC(=O)c2c(N=Cc3cn(Cc4ccccc4)c4ccccc34)sc3c2CCCCCC3)c1. The summed E-state index contributed by atoms with van der Waals surface area (Å²) in [5, 5.41) is 5.18. The normalized spacial score (nSPS) is 13.8. The molecule has 2 heterocycles. The van der Waals surface area contributed by atoms with Crippen molar-refractivity contribution in [1.29, 1.82) is 0 Å². The summed E-state index contributed by atoms with van der Waals surface area (Å²) in [6.07, 6.45) is 10.8. The van der Waals surface area contributed by atoms with Crippen LogP contribution >= 0.6 is 11.3 Å². The highest BCUT2D eigenvalue weighted by Crippen LogP contribution is 2.39. The van der Waals surface area contributed by atoms with Gasteiger partial charge in [0.15, 0.2) is 0 Å². The summed E-state index contributed by atoms with van der Waals surface area (Å²) in [7, 11) is 0. The summed E-state index contributed by atoms with van der Waals surface area (Å²) < 4.78 is 2.29. The topological polar surface area (TPSA) is 46.4 Å². The van der Waals surface area contributed by atoms with Crippen molar-refractivity contribution < 1.29 is 4.79 Å². The van der Waals surface area contributed by atoms with Crippen LogP contribution in [0.3, 0.4) is 0 Å². The Morgan fingerprint density at radius 3 is 2.45 bits per heavy atom. The van der Waals surface area contributed by atoms with Crippen LogP contribution in [0, 0.1) is 13.8 Å². The molecule has 2 aromatic heterocycles. The second-order valence-corrected chi connectivity index (χ2v) is 12.0. The number of fused-ring (bicyclic) bond motifs is 2. The van der Waals surface area contributed by atoms with E-state index in [0.29, 0.717) is 0 Å². The number of carbonyl (C=O) groups excluding carboxylic acids is 1. The fraction of sp³-hybridized carbons (Fsp3) is 0.257. The Balaban J connectivity index is 1.38. The van der Waals surface area contributed by atoms with Gasteiger partial charge in [0, 0.05) is 46.0 Å². The van der Waals surface area contributed by atoms with Crippen LogP contribution in [0.2, 0.25) is 0 Å². The molecule has 1 amide bonds. The van der Waals surface area contributed by atoms with Crippen LogP contribution in [-0.4, -0.2) is 16.7 Å². The predicted molar refractivity (Wildman–Crippen MR) is 169 cm³/mol. The molecule has 5 aromatic rings. The van der Waals surface area contributed by atoms with Gasteiger partial charge in [0.05, 0.1) is 5.56 Å². The van der Waals surface area contributed by atoms with E-state index in [0.717, 1.165) is 58.7 Å². The molecular weight excluding hydrogens is 510 g/mol. The van der Waals surface area contributed by atoms with Gasteiger partial charge in [-0.15, -0.1) is 11.3 Å². The minimum absolute atomic E-state index is 0.0540. The molecule has 6 rings (SSSR count). The molecule has 1 aliphatic rings. The van der Waals surface area contributed by atoms with Crippen LogP contribution in [0.1, 0.15) is 68.7 Å². The van der Waals surface area contributed by atoms with E-state index in [1.54, 1.807) is 11.3 Å². The number of anilines is 1. The zero-order chi connectivity index (χ0) is 27.5. The molecule has 3 aromatic carbocycles. The van der Waals surface area contributed by atoms with Crippen molar-refractivity contribution in [1.82, 2.24) is 4.57 Å². The number of aromatic nitrogens is 1. The molecule has 0 bridgehead atoms. The number of para-hydroxylation sites is 1. The number of carbonyl (C=O) groups is 1. The molecule has 0 spiro atoms. The van der Waals surface area contributed by atoms with Gasteiger partial charge in [-0.2, -0.15) is 0 Å². The summed E-state index contributed by atoms with van der Waals surface area (Å²) >= 11 is 1.70. The third-order valence-corrected chi connectivity index (χ3v) is 8.90. The summed E-state index contributed by atoms with van der Waals surface area (Å²) in [4.78, 5) is 20.2. The summed E-state index contributed by atoms with van der Waals surface area (Å²) in [6.45, 7) is 4.92. The maximum Gasteiger partial charge on any atom is 0.259 e. The number of nitrogens with zero attached hydrogens (tertiary/aromatic N) is 2. The standard InChI is InChI=1S/C35H35N3OS/c1-24-18-25(2)20-28(19-24)37-34(39)33-30-15-8-3-4-9-17-32(30)40-35(33)36-21-27-23-38(22-26-12-6-5-7-13-26)31-16-11-10-14-29(27)31/h5-7,10-14,16,18-21,23H,3-4,8-9,15,17,22H2,1-2H3,(H,37,39). The fourth-order valence-corrected chi connectivity index (χ4v) is 7.12. The maximum atomic E-state index is 13.8. The van der Waals surface area contributed by atoms with E-state index >= 15 is 0 Å². The Labute approximate surface area is 240 Å². The van der Waals surface area contributed by atoms with Crippen molar-refractivity contribution >= 4 is 45.0 Å². The van der Waals surface area contributed by atoms with E-state index < -0.39 is 0 Å². The van der Waals surface area contributed by atoms with Crippen molar-refractivity contribution in [3.63, 3.8) is 0 Å². The molecule has 0 fully saturated rings. The fourth-order valence-electron chi connectivity index (χ4n) is 5.89. The summed E-state index contributed by atoms with van der Waals surface area (Å²) in [5.74, 6) is -0.0540. The molecule has 0 unspecified atom stereocenters. The van der Waals surface area contributed by atoms with Gasteiger partial charge in [-0.3, -0.25) is 4.79 Å². The Morgan fingerprint density at radius 1 is 0.925 bits per heavy atom. The van der Waals surface area contributed by atoms with E-state index in [9.17, 15) is 4.79 Å². The van der Waals surface area contributed by atoms with E-state index in [2.05, 4.69) is 84.5 Å². The number of amides is 1. The average molecular weight is 546 g/mol. The average Bonchev–Trinajstić information content (AvgIpc) is 3.44. The second-order valence-electron chi connectivity index (χ2n) is 10.9. The van der Waals surface area contributed by atoms with Crippen molar-refractivity contribution in [2.45, 2.75) is 58.9 Å². The van der Waals surface area contributed by atoms with Crippen LogP contribution in [0.15, 0.2) is 84.0 Å². The van der Waals surface area contributed by atoms with Gasteiger partial charge < -0.3 is 9.88 Å². The first kappa shape index (κ1) is 26.3. The van der Waals surface area contributed by atoms with Crippen LogP contribution in [0.25, 0.3) is 10.9 Å². The molecule has 5 heteroatoms. The quantitative estimate of drug-likeness (QED) is 0.213. The lowest BCUT2D eigenvalue weighted by Crippen LogP contribution is -2.14. The Morgan fingerprint density at radius 2 is 1.65 bits per heavy atom. The third kappa shape index (κ3) is 5.66. The first-order chi connectivity index (χ1) is 19.5. The minimum Gasteiger partial charge on any atom is -0.342 e. The molecule has 0 saturated heterocycles. The first-order valence-corrected chi connectivity index (χ1v) is 15.1. The molecule has 202 valence electrons. The molecule has 1 aliphatic carbocycles. The Hall–Kier alpha value is -3.96. The van der Waals surface area contributed by atoms with Crippen LogP contribution in [0.5, 0.6) is 0 Å². The van der Waals surface area contributed by atoms with Crippen LogP contribution in [0.4, 0.5) is 10.7 Å². The Bertz CT molecular complexity index is 1670. The van der Waals surface area contributed by atoms with Gasteiger partial charge in [0.2, 0.25) is 0 Å². The molecule has 0 radical (unpaired) electrons. The number of aryl methyl sites for hydroxylation is 3. The number of nitrogens with one attached hydrogen (secondary N) is 1. The van der Waals surface area contributed by atoms with E-state index in [1.807, 2.05) is 24.4 Å². The van der Waals surface area contributed by atoms with Gasteiger partial charge in [-0.05, 0) is 80.0 Å². The molecule has 1 N–H and O–H groups in total. The number of hydrogen-bond donors (Lipinski definition) is 1. The second kappa shape index (κ2) is 11.6. The van der Waals surface area contributed by atoms with E-state index in [-0.39, 0.29) is 5.91 Å². The summed E-state index contributed by atoms with van der Waals surface area (Å²) in [5.41, 5.74) is 8.58. The van der Waals surface area contributed by atoms with Crippen molar-refractivity contribution in [2.24, 2.45) is 4.99 Å². The minimum atomic E-state index is -0.0540. The van der Waals surface area contributed by atoms with Gasteiger partial charge in [-0.25, -0.2) is 4.99 Å². The monoisotopic (exact) mass is 545 g/mol. The highest BCUT2D eigenvalue weighted by atomic mass is 32.1. The Kier molecular flexibility index (Phi) is 7.65. The molecule has 0 atom stereocenters. The van der Waals surface area contributed by atoms with Crippen molar-refractivity contribution in [3.05, 3.63) is 117 Å². The third-order valence-electron chi connectivity index (χ3n) is 7.70. The van der Waals surface area contributed by atoms with Gasteiger partial charge in [0.1, 0.15) is 5.00 Å². The lowest BCUT2D eigenvalue weighted by molar-refractivity contribution is 0.102. The lowest BCUT2D eigenvalue weighted by atomic mass is 9.96. The zero-order valence-corrected chi connectivity index (χ0v) is 24.1. The number of rotatable bonds is 6. The lowest BCUT2D eigenvalue weighted by Gasteiger charge is -2.12. The predicted octanol–water partition coefficient (Wildman–Crippen LogP) is 9.03. The van der Waals surface area contributed by atoms with Crippen LogP contribution in [-0.2, 0) is 19.4 Å². The largest absolute Gasteiger partial charge is 0.342 e. The smallest absolute Gasteiger partial charge is 0.259 e. The molecule has 0 aliphatic heterocycles. The highest BCUT2D eigenvalue weighted by molar-refractivity contribution is 7.16. The van der Waals surface area contributed by atoms with Crippen LogP contribution < -0.4 is 5.32 Å². The van der Waals surface area contributed by atoms with Gasteiger partial charge >= 0.3 is 0 Å². The number of hydrogen-bond acceptors (Lipinski definition) is 3. The van der Waals surface area contributed by atoms with Gasteiger partial charge in [0.25, 0.3) is 5.91 Å².